The number of amides is 1. The van der Waals surface area contributed by atoms with Gasteiger partial charge < -0.3 is 4.90 Å². The minimum Gasteiger partial charge on any atom is -0.334 e. The monoisotopic (exact) mass is 325 g/mol. The van der Waals surface area contributed by atoms with Crippen molar-refractivity contribution >= 4 is 11.7 Å². The Morgan fingerprint density at radius 3 is 2.96 bits per heavy atom. The van der Waals surface area contributed by atoms with E-state index in [4.69, 9.17) is 0 Å². The van der Waals surface area contributed by atoms with Crippen molar-refractivity contribution in [1.82, 2.24) is 34.3 Å². The molecule has 3 aromatic heterocycles. The fourth-order valence-electron chi connectivity index (χ4n) is 3.25. The van der Waals surface area contributed by atoms with Crippen molar-refractivity contribution in [3.63, 3.8) is 0 Å². The molecule has 124 valence electrons. The standard InChI is InChI=1S/C16H19N7O/c1-11-9-12(2)23-16(18-11)19-14(20-23)15(24)21-7-3-5-13(10-21)22-8-4-6-17-22/h4,6,8-9,13H,3,5,7,10H2,1-2H3. The molecule has 4 heterocycles. The molecule has 1 saturated heterocycles. The summed E-state index contributed by atoms with van der Waals surface area (Å²) in [6.45, 7) is 5.18. The molecule has 24 heavy (non-hydrogen) atoms. The van der Waals surface area contributed by atoms with Gasteiger partial charge in [-0.2, -0.15) is 10.1 Å². The number of nitrogens with zero attached hydrogens (tertiary/aromatic N) is 7. The van der Waals surface area contributed by atoms with Crippen LogP contribution in [0.3, 0.4) is 0 Å². The molecule has 0 spiro atoms. The molecule has 1 fully saturated rings. The Hall–Kier alpha value is -2.77. The lowest BCUT2D eigenvalue weighted by Crippen LogP contribution is -2.41. The van der Waals surface area contributed by atoms with Crippen LogP contribution in [0.25, 0.3) is 5.78 Å². The van der Waals surface area contributed by atoms with Crippen molar-refractivity contribution in [2.24, 2.45) is 0 Å². The fraction of sp³-hybridized carbons (Fsp3) is 0.438. The molecule has 0 bridgehead atoms. The van der Waals surface area contributed by atoms with E-state index in [0.29, 0.717) is 12.3 Å². The third kappa shape index (κ3) is 2.53. The lowest BCUT2D eigenvalue weighted by atomic mass is 10.1. The number of piperidine rings is 1. The highest BCUT2D eigenvalue weighted by molar-refractivity contribution is 5.91. The summed E-state index contributed by atoms with van der Waals surface area (Å²) < 4.78 is 3.54. The second kappa shape index (κ2) is 5.70. The van der Waals surface area contributed by atoms with Crippen LogP contribution in [0.2, 0.25) is 0 Å². The van der Waals surface area contributed by atoms with E-state index in [2.05, 4.69) is 20.2 Å². The number of carbonyl (C=O) groups is 1. The summed E-state index contributed by atoms with van der Waals surface area (Å²) in [6.07, 6.45) is 5.67. The molecule has 3 aromatic rings. The highest BCUT2D eigenvalue weighted by Crippen LogP contribution is 2.21. The average Bonchev–Trinajstić information content (AvgIpc) is 3.24. The molecule has 1 aliphatic heterocycles. The van der Waals surface area contributed by atoms with Gasteiger partial charge in [-0.25, -0.2) is 9.50 Å². The second-order valence-corrected chi connectivity index (χ2v) is 6.22. The van der Waals surface area contributed by atoms with Crippen molar-refractivity contribution < 1.29 is 4.79 Å². The summed E-state index contributed by atoms with van der Waals surface area (Å²) in [6, 6.07) is 4.03. The van der Waals surface area contributed by atoms with Gasteiger partial charge in [-0.05, 0) is 38.8 Å². The molecule has 1 amide bonds. The Morgan fingerprint density at radius 1 is 1.29 bits per heavy atom. The second-order valence-electron chi connectivity index (χ2n) is 6.22. The Kier molecular flexibility index (Phi) is 3.51. The van der Waals surface area contributed by atoms with E-state index < -0.39 is 0 Å². The molecule has 0 aliphatic carbocycles. The van der Waals surface area contributed by atoms with Crippen molar-refractivity contribution in [2.75, 3.05) is 13.1 Å². The molecular formula is C16H19N7O. The molecule has 0 N–H and O–H groups in total. The first kappa shape index (κ1) is 14.8. The van der Waals surface area contributed by atoms with Crippen LogP contribution in [0.1, 0.15) is 40.9 Å². The van der Waals surface area contributed by atoms with Crippen LogP contribution >= 0.6 is 0 Å². The summed E-state index contributed by atoms with van der Waals surface area (Å²) in [5, 5.41) is 8.64. The number of fused-ring (bicyclic) bond motifs is 1. The Balaban J connectivity index is 1.60. The number of hydrogen-bond donors (Lipinski definition) is 0. The third-order valence-electron chi connectivity index (χ3n) is 4.39. The number of likely N-dealkylation sites (tertiary alicyclic amines) is 1. The van der Waals surface area contributed by atoms with E-state index in [1.165, 1.54) is 0 Å². The molecule has 8 heteroatoms. The van der Waals surface area contributed by atoms with E-state index in [9.17, 15) is 4.79 Å². The Bertz CT molecular complexity index is 883. The maximum Gasteiger partial charge on any atom is 0.293 e. The lowest BCUT2D eigenvalue weighted by molar-refractivity contribution is 0.0661. The largest absolute Gasteiger partial charge is 0.334 e. The minimum atomic E-state index is -0.144. The van der Waals surface area contributed by atoms with Crippen molar-refractivity contribution in [1.29, 1.82) is 0 Å². The topological polar surface area (TPSA) is 81.2 Å². The van der Waals surface area contributed by atoms with E-state index >= 15 is 0 Å². The SMILES string of the molecule is Cc1cc(C)n2nc(C(=O)N3CCCC(n4cccn4)C3)nc2n1. The first-order chi connectivity index (χ1) is 11.6. The summed E-state index contributed by atoms with van der Waals surface area (Å²) in [5.41, 5.74) is 1.78. The summed E-state index contributed by atoms with van der Waals surface area (Å²) in [7, 11) is 0. The normalized spacial score (nSPS) is 18.2. The number of hydrogen-bond acceptors (Lipinski definition) is 5. The quantitative estimate of drug-likeness (QED) is 0.712. The molecule has 0 radical (unpaired) electrons. The van der Waals surface area contributed by atoms with Gasteiger partial charge in [-0.3, -0.25) is 9.48 Å². The van der Waals surface area contributed by atoms with Gasteiger partial charge in [0.25, 0.3) is 11.7 Å². The van der Waals surface area contributed by atoms with E-state index in [-0.39, 0.29) is 17.8 Å². The Morgan fingerprint density at radius 2 is 2.17 bits per heavy atom. The number of aromatic nitrogens is 6. The predicted octanol–water partition coefficient (Wildman–Crippen LogP) is 1.41. The summed E-state index contributed by atoms with van der Waals surface area (Å²) >= 11 is 0. The maximum absolute atomic E-state index is 12.8. The van der Waals surface area contributed by atoms with Gasteiger partial charge in [0.2, 0.25) is 5.82 Å². The molecule has 0 saturated carbocycles. The average molecular weight is 325 g/mol. The van der Waals surface area contributed by atoms with E-state index in [0.717, 1.165) is 30.8 Å². The molecular weight excluding hydrogens is 306 g/mol. The lowest BCUT2D eigenvalue weighted by Gasteiger charge is -2.32. The van der Waals surface area contributed by atoms with Gasteiger partial charge >= 0.3 is 0 Å². The molecule has 1 aliphatic rings. The molecule has 1 unspecified atom stereocenters. The van der Waals surface area contributed by atoms with Gasteiger partial charge in [0.1, 0.15) is 0 Å². The summed E-state index contributed by atoms with van der Waals surface area (Å²) in [5.74, 6) is 0.531. The zero-order valence-electron chi connectivity index (χ0n) is 13.8. The minimum absolute atomic E-state index is 0.144. The number of aryl methyl sites for hydroxylation is 2. The highest BCUT2D eigenvalue weighted by Gasteiger charge is 2.28. The highest BCUT2D eigenvalue weighted by atomic mass is 16.2. The summed E-state index contributed by atoms with van der Waals surface area (Å²) in [4.78, 5) is 23.3. The van der Waals surface area contributed by atoms with Crippen molar-refractivity contribution in [3.8, 4) is 0 Å². The first-order valence-electron chi connectivity index (χ1n) is 8.11. The first-order valence-corrected chi connectivity index (χ1v) is 8.11. The van der Waals surface area contributed by atoms with Crippen LogP contribution in [0.5, 0.6) is 0 Å². The van der Waals surface area contributed by atoms with Crippen LogP contribution in [0.15, 0.2) is 24.5 Å². The Labute approximate surface area is 139 Å². The van der Waals surface area contributed by atoms with Gasteiger partial charge in [-0.15, -0.1) is 5.10 Å². The zero-order chi connectivity index (χ0) is 16.7. The van der Waals surface area contributed by atoms with Gasteiger partial charge in [0, 0.05) is 36.9 Å². The predicted molar refractivity (Wildman–Crippen MR) is 86.7 cm³/mol. The third-order valence-corrected chi connectivity index (χ3v) is 4.39. The molecule has 8 nitrogen and oxygen atoms in total. The number of rotatable bonds is 2. The van der Waals surface area contributed by atoms with Crippen molar-refractivity contribution in [2.45, 2.75) is 32.7 Å². The molecule has 1 atom stereocenters. The smallest absolute Gasteiger partial charge is 0.293 e. The van der Waals surface area contributed by atoms with Gasteiger partial charge in [0.15, 0.2) is 0 Å². The maximum atomic E-state index is 12.8. The molecule has 0 aromatic carbocycles. The fourth-order valence-corrected chi connectivity index (χ4v) is 3.25. The van der Waals surface area contributed by atoms with E-state index in [1.54, 1.807) is 10.7 Å². The van der Waals surface area contributed by atoms with Crippen LogP contribution < -0.4 is 0 Å². The molecule has 4 rings (SSSR count). The zero-order valence-corrected chi connectivity index (χ0v) is 13.8. The number of carbonyl (C=O) groups excluding carboxylic acids is 1. The van der Waals surface area contributed by atoms with Crippen LogP contribution in [-0.2, 0) is 0 Å². The van der Waals surface area contributed by atoms with Gasteiger partial charge in [-0.1, -0.05) is 0 Å². The van der Waals surface area contributed by atoms with Crippen LogP contribution in [0.4, 0.5) is 0 Å². The van der Waals surface area contributed by atoms with E-state index in [1.807, 2.05) is 41.8 Å². The van der Waals surface area contributed by atoms with Crippen LogP contribution in [0, 0.1) is 13.8 Å². The van der Waals surface area contributed by atoms with Crippen molar-refractivity contribution in [3.05, 3.63) is 41.7 Å². The van der Waals surface area contributed by atoms with Crippen LogP contribution in [-0.4, -0.2) is 53.3 Å². The van der Waals surface area contributed by atoms with Gasteiger partial charge in [0.05, 0.1) is 6.04 Å².